The third kappa shape index (κ3) is 16.4. The van der Waals surface area contributed by atoms with Gasteiger partial charge in [0.25, 0.3) is 0 Å². The summed E-state index contributed by atoms with van der Waals surface area (Å²) in [4.78, 5) is 37.1. The van der Waals surface area contributed by atoms with Crippen LogP contribution in [0.25, 0.3) is 22.3 Å². The summed E-state index contributed by atoms with van der Waals surface area (Å²) in [5.41, 5.74) is 12.8. The molecule has 4 saturated heterocycles. The average Bonchev–Trinajstić information content (AvgIpc) is 3.40. The molecule has 0 unspecified atom stereocenters. The molecule has 6 fully saturated rings. The molecule has 2 aliphatic carbocycles. The first-order valence-corrected chi connectivity index (χ1v) is 26.3. The van der Waals surface area contributed by atoms with Crippen LogP contribution >= 0.6 is 0 Å². The molecule has 4 aromatic rings. The minimum Gasteiger partial charge on any atom is -0.549 e. The van der Waals surface area contributed by atoms with Crippen LogP contribution < -0.4 is 55.5 Å². The number of amides is 1. The van der Waals surface area contributed by atoms with E-state index < -0.39 is 5.97 Å². The molecule has 1 amide bonds. The first-order valence-electron chi connectivity index (χ1n) is 26.3. The number of aromatic nitrogens is 4. The molecule has 4 aliphatic heterocycles. The second-order valence-corrected chi connectivity index (χ2v) is 20.1. The van der Waals surface area contributed by atoms with Gasteiger partial charge in [0.05, 0.1) is 51.3 Å². The Morgan fingerprint density at radius 3 is 1.44 bits per heavy atom. The van der Waals surface area contributed by atoms with Gasteiger partial charge in [-0.1, -0.05) is 48.5 Å². The van der Waals surface area contributed by atoms with Crippen LogP contribution in [-0.4, -0.2) is 194 Å². The smallest absolute Gasteiger partial charge is 0.549 e. The summed E-state index contributed by atoms with van der Waals surface area (Å²) in [5.74, 6) is 0.875. The number of aliphatic carboxylic acids is 1. The Morgan fingerprint density at radius 1 is 0.597 bits per heavy atom. The molecule has 6 heterocycles. The van der Waals surface area contributed by atoms with E-state index in [1.165, 1.54) is 55.2 Å². The van der Waals surface area contributed by atoms with E-state index in [-0.39, 0.29) is 42.0 Å². The second kappa shape index (κ2) is 28.5. The summed E-state index contributed by atoms with van der Waals surface area (Å²) in [5, 5.41) is 31.0. The number of hydrogen-bond acceptors (Lipinski definition) is 16. The van der Waals surface area contributed by atoms with Gasteiger partial charge in [0.15, 0.2) is 11.6 Å². The van der Waals surface area contributed by atoms with Crippen molar-refractivity contribution in [2.24, 2.45) is 5.73 Å². The van der Waals surface area contributed by atoms with Crippen molar-refractivity contribution in [3.05, 3.63) is 84.2 Å². The van der Waals surface area contributed by atoms with Gasteiger partial charge in [0.1, 0.15) is 0 Å². The normalized spacial score (nSPS) is 23.6. The van der Waals surface area contributed by atoms with Crippen LogP contribution in [0.1, 0.15) is 62.5 Å². The monoisotopic (exact) mass is 997 g/mol. The van der Waals surface area contributed by atoms with Gasteiger partial charge in [-0.2, -0.15) is 10.2 Å². The largest absolute Gasteiger partial charge is 1.00 e. The molecule has 2 aromatic heterocycles. The van der Waals surface area contributed by atoms with E-state index in [0.717, 1.165) is 139 Å². The van der Waals surface area contributed by atoms with Gasteiger partial charge in [-0.05, 0) is 99.6 Å². The van der Waals surface area contributed by atoms with Crippen LogP contribution in [0.3, 0.4) is 0 Å². The summed E-state index contributed by atoms with van der Waals surface area (Å²) in [6.07, 6.45) is 13.1. The molecule has 3 N–H and O–H groups in total. The van der Waals surface area contributed by atoms with Crippen LogP contribution in [-0.2, 0) is 19.1 Å². The number of rotatable bonds is 11. The van der Waals surface area contributed by atoms with Crippen molar-refractivity contribution < 1.29 is 53.7 Å². The Labute approximate surface area is 449 Å². The van der Waals surface area contributed by atoms with E-state index >= 15 is 0 Å². The maximum absolute atomic E-state index is 12.7. The second-order valence-electron chi connectivity index (χ2n) is 20.1. The topological polar surface area (TPSA) is 185 Å². The minimum atomic E-state index is -1.03. The van der Waals surface area contributed by atoms with Crippen molar-refractivity contribution in [1.82, 2.24) is 45.3 Å². The Balaban J connectivity index is 0.000000176. The third-order valence-corrected chi connectivity index (χ3v) is 15.2. The van der Waals surface area contributed by atoms with Crippen LogP contribution in [0.5, 0.6) is 0 Å². The standard InChI is InChI=1S/C27H38N6O2.C17H20N4O2.C10H20N2O.Na/c1-21-4-2-3-5-25(21)22-18-26(30-28-19-22)33-12-10-31(11-13-33)20-27(34)29-23-6-8-24(9-7-23)32-14-16-35-17-15-32;1-13-4-2-3-5-15(13)14-10-16(19-18-11-14)21-8-6-20(7-9-21)12-17(22)23;11-9-1-3-10(4-2-9)12-5-7-13-8-6-12;/h2-5,18-19,23-24H,6-17,20H2,1H3,(H,29,34);2-5,10-11H,6-9,12H2,1H3,(H,22,23);9-10H,1-8,11H2;/q;;;+1/p-1. The van der Waals surface area contributed by atoms with Crippen LogP contribution in [0, 0.1) is 13.8 Å². The van der Waals surface area contributed by atoms with E-state index in [2.05, 4.69) is 107 Å². The number of nitrogens with two attached hydrogens (primary N) is 1. The van der Waals surface area contributed by atoms with Gasteiger partial charge in [0, 0.05) is 120 Å². The number of carboxylic acid groups (broad SMARTS) is 1. The number of hydrogen-bond donors (Lipinski definition) is 2. The first kappa shape index (κ1) is 55.6. The Kier molecular flexibility index (Phi) is 22.0. The maximum atomic E-state index is 12.7. The number of carbonyl (C=O) groups is 2. The van der Waals surface area contributed by atoms with Crippen molar-refractivity contribution in [3.63, 3.8) is 0 Å². The van der Waals surface area contributed by atoms with Crippen LogP contribution in [0.2, 0.25) is 0 Å². The molecule has 0 spiro atoms. The van der Waals surface area contributed by atoms with Gasteiger partial charge in [-0.3, -0.25) is 24.4 Å². The van der Waals surface area contributed by atoms with Crippen molar-refractivity contribution in [1.29, 1.82) is 0 Å². The number of aryl methyl sites for hydroxylation is 2. The molecular formula is C54H77N12NaO5. The molecule has 384 valence electrons. The fourth-order valence-electron chi connectivity index (χ4n) is 11.0. The zero-order chi connectivity index (χ0) is 49.4. The summed E-state index contributed by atoms with van der Waals surface area (Å²) in [6.45, 7) is 18.8. The van der Waals surface area contributed by atoms with Gasteiger partial charge in [-0.15, -0.1) is 10.2 Å². The number of nitrogens with one attached hydrogen (secondary N) is 1. The van der Waals surface area contributed by atoms with E-state index in [9.17, 15) is 14.7 Å². The SMILES string of the molecule is Cc1ccccc1-c1cnnc(N2CCN(CC(=O)NC3CCC(N4CCOCC4)CC3)CC2)c1.Cc1ccccc1-c1cnnc(N2CCN(CC(=O)[O-])CC2)c1.NC1CCC(N2CCOCC2)CC1.[Na+]. The van der Waals surface area contributed by atoms with Gasteiger partial charge < -0.3 is 40.2 Å². The van der Waals surface area contributed by atoms with Gasteiger partial charge in [0.2, 0.25) is 5.91 Å². The summed E-state index contributed by atoms with van der Waals surface area (Å²) < 4.78 is 10.8. The van der Waals surface area contributed by atoms with Crippen molar-refractivity contribution in [2.45, 2.75) is 89.4 Å². The summed E-state index contributed by atoms with van der Waals surface area (Å²) >= 11 is 0. The van der Waals surface area contributed by atoms with Crippen LogP contribution in [0.4, 0.5) is 11.6 Å². The van der Waals surface area contributed by atoms with Crippen LogP contribution in [0.15, 0.2) is 73.1 Å². The third-order valence-electron chi connectivity index (χ3n) is 15.2. The molecule has 2 aromatic carbocycles. The van der Waals surface area contributed by atoms with E-state index in [0.29, 0.717) is 37.8 Å². The van der Waals surface area contributed by atoms with Crippen molar-refractivity contribution in [3.8, 4) is 22.3 Å². The van der Waals surface area contributed by atoms with E-state index in [1.54, 1.807) is 6.20 Å². The molecular weight excluding hydrogens is 920 g/mol. The fourth-order valence-corrected chi connectivity index (χ4v) is 11.0. The number of nitrogens with zero attached hydrogens (tertiary/aromatic N) is 10. The molecule has 0 atom stereocenters. The Bertz CT molecular complexity index is 2270. The first-order chi connectivity index (χ1) is 34.6. The minimum absolute atomic E-state index is 0. The zero-order valence-corrected chi connectivity index (χ0v) is 45.2. The predicted octanol–water partition coefficient (Wildman–Crippen LogP) is 0.250. The van der Waals surface area contributed by atoms with E-state index in [1.807, 2.05) is 29.3 Å². The Morgan fingerprint density at radius 2 is 1.01 bits per heavy atom. The molecule has 17 nitrogen and oxygen atoms in total. The molecule has 18 heteroatoms. The van der Waals surface area contributed by atoms with Crippen molar-refractivity contribution >= 4 is 23.5 Å². The van der Waals surface area contributed by atoms with Crippen molar-refractivity contribution in [2.75, 3.05) is 128 Å². The number of carbonyl (C=O) groups excluding carboxylic acids is 2. The van der Waals surface area contributed by atoms with E-state index in [4.69, 9.17) is 15.2 Å². The van der Waals surface area contributed by atoms with Gasteiger partial charge in [-0.25, -0.2) is 0 Å². The molecule has 6 aliphatic rings. The maximum Gasteiger partial charge on any atom is 1.00 e. The number of anilines is 2. The summed E-state index contributed by atoms with van der Waals surface area (Å²) in [7, 11) is 0. The number of piperazine rings is 2. The average molecular weight is 997 g/mol. The number of morpholine rings is 2. The Hall–Kier alpha value is -4.14. The molecule has 10 rings (SSSR count). The zero-order valence-electron chi connectivity index (χ0n) is 43.2. The fraction of sp³-hybridized carbons (Fsp3) is 0.593. The molecule has 72 heavy (non-hydrogen) atoms. The number of ether oxygens (including phenoxy) is 2. The quantitative estimate of drug-likeness (QED) is 0.195. The molecule has 2 saturated carbocycles. The van der Waals surface area contributed by atoms with Gasteiger partial charge >= 0.3 is 29.6 Å². The molecule has 0 bridgehead atoms. The number of benzene rings is 2. The number of carboxylic acids is 1. The summed E-state index contributed by atoms with van der Waals surface area (Å²) in [6, 6.07) is 23.0. The molecule has 0 radical (unpaired) electrons. The predicted molar refractivity (Wildman–Crippen MR) is 276 cm³/mol.